The van der Waals surface area contributed by atoms with Crippen molar-refractivity contribution >= 4 is 11.7 Å². The van der Waals surface area contributed by atoms with E-state index in [-0.39, 0.29) is 11.7 Å². The van der Waals surface area contributed by atoms with E-state index in [9.17, 15) is 9.59 Å². The van der Waals surface area contributed by atoms with Crippen LogP contribution in [-0.2, 0) is 0 Å². The average Bonchev–Trinajstić information content (AvgIpc) is 2.62. The van der Waals surface area contributed by atoms with Gasteiger partial charge in [-0.1, -0.05) is 6.08 Å². The number of nitrogens with one attached hydrogen (secondary N) is 2. The first kappa shape index (κ1) is 10.2. The summed E-state index contributed by atoms with van der Waals surface area (Å²) >= 11 is 0. The molecule has 4 nitrogen and oxygen atoms in total. The van der Waals surface area contributed by atoms with Crippen LogP contribution in [0.15, 0.2) is 24.8 Å². The summed E-state index contributed by atoms with van der Waals surface area (Å²) in [6, 6.07) is 3.17. The maximum Gasteiger partial charge on any atom is 0.267 e. The normalized spacial score (nSPS) is 9.50. The van der Waals surface area contributed by atoms with Crippen LogP contribution < -0.4 is 5.32 Å². The number of aromatic amines is 1. The van der Waals surface area contributed by atoms with Gasteiger partial charge in [0.2, 0.25) is 0 Å². The molecule has 4 heteroatoms. The largest absolute Gasteiger partial charge is 0.348 e. The highest BCUT2D eigenvalue weighted by Crippen LogP contribution is 2.02. The summed E-state index contributed by atoms with van der Waals surface area (Å²) in [5.74, 6) is -0.329. The number of hydrogen-bond donors (Lipinski definition) is 2. The maximum absolute atomic E-state index is 11.3. The molecule has 1 rings (SSSR count). The second-order valence-corrected chi connectivity index (χ2v) is 2.84. The van der Waals surface area contributed by atoms with E-state index in [2.05, 4.69) is 16.9 Å². The summed E-state index contributed by atoms with van der Waals surface area (Å²) in [4.78, 5) is 25.0. The van der Waals surface area contributed by atoms with Crippen LogP contribution in [0.1, 0.15) is 27.9 Å². The molecule has 0 unspecified atom stereocenters. The van der Waals surface area contributed by atoms with Gasteiger partial charge in [-0.2, -0.15) is 0 Å². The molecule has 1 aromatic rings. The lowest BCUT2D eigenvalue weighted by atomic mass is 10.3. The van der Waals surface area contributed by atoms with Crippen LogP contribution in [0.5, 0.6) is 0 Å². The summed E-state index contributed by atoms with van der Waals surface area (Å²) in [7, 11) is 0. The van der Waals surface area contributed by atoms with E-state index < -0.39 is 0 Å². The zero-order valence-corrected chi connectivity index (χ0v) is 7.96. The lowest BCUT2D eigenvalue weighted by Crippen LogP contribution is -2.23. The number of ketones is 1. The molecule has 0 radical (unpaired) electrons. The number of hydrogen-bond acceptors (Lipinski definition) is 2. The molecule has 14 heavy (non-hydrogen) atoms. The first-order chi connectivity index (χ1) is 6.65. The van der Waals surface area contributed by atoms with Crippen LogP contribution in [0.2, 0.25) is 0 Å². The van der Waals surface area contributed by atoms with Gasteiger partial charge >= 0.3 is 0 Å². The molecule has 2 N–H and O–H groups in total. The molecule has 74 valence electrons. The standard InChI is InChI=1S/C10H12N2O2/c1-3-6-11-10(14)9-5-4-8(12-9)7(2)13/h3-5,12H,1,6H2,2H3,(H,11,14). The molecule has 0 fully saturated rings. The molecule has 0 aliphatic heterocycles. The molecule has 1 heterocycles. The van der Waals surface area contributed by atoms with Crippen molar-refractivity contribution in [1.29, 1.82) is 0 Å². The minimum Gasteiger partial charge on any atom is -0.348 e. The topological polar surface area (TPSA) is 62.0 Å². The highest BCUT2D eigenvalue weighted by molar-refractivity contribution is 5.97. The van der Waals surface area contributed by atoms with Crippen molar-refractivity contribution in [3.63, 3.8) is 0 Å². The number of aromatic nitrogens is 1. The summed E-state index contributed by atoms with van der Waals surface area (Å²) in [6.07, 6.45) is 1.59. The Bertz CT molecular complexity index is 366. The first-order valence-electron chi connectivity index (χ1n) is 4.24. The van der Waals surface area contributed by atoms with Gasteiger partial charge in [0.15, 0.2) is 5.78 Å². The third-order valence-corrected chi connectivity index (χ3v) is 1.72. The highest BCUT2D eigenvalue weighted by atomic mass is 16.2. The Kier molecular flexibility index (Phi) is 3.23. The van der Waals surface area contributed by atoms with Gasteiger partial charge in [-0.3, -0.25) is 9.59 Å². The Morgan fingerprint density at radius 3 is 2.64 bits per heavy atom. The van der Waals surface area contributed by atoms with Gasteiger partial charge in [0.05, 0.1) is 5.69 Å². The van der Waals surface area contributed by atoms with Gasteiger partial charge in [-0.25, -0.2) is 0 Å². The van der Waals surface area contributed by atoms with Gasteiger partial charge in [0.1, 0.15) is 5.69 Å². The van der Waals surface area contributed by atoms with Crippen molar-refractivity contribution in [3.05, 3.63) is 36.2 Å². The number of carbonyl (C=O) groups excluding carboxylic acids is 2. The summed E-state index contributed by atoms with van der Waals surface area (Å²) in [5, 5.41) is 2.60. The fourth-order valence-electron chi connectivity index (χ4n) is 0.993. The fraction of sp³-hybridized carbons (Fsp3) is 0.200. The molecule has 0 saturated carbocycles. The summed E-state index contributed by atoms with van der Waals surface area (Å²) in [6.45, 7) is 5.33. The minimum absolute atomic E-state index is 0.0900. The fourth-order valence-corrected chi connectivity index (χ4v) is 0.993. The second-order valence-electron chi connectivity index (χ2n) is 2.84. The van der Waals surface area contributed by atoms with E-state index in [4.69, 9.17) is 0 Å². The van der Waals surface area contributed by atoms with Crippen molar-refractivity contribution in [2.45, 2.75) is 6.92 Å². The zero-order valence-electron chi connectivity index (χ0n) is 7.96. The van der Waals surface area contributed by atoms with E-state index in [0.717, 1.165) is 0 Å². The molecule has 0 aliphatic carbocycles. The van der Waals surface area contributed by atoms with Crippen LogP contribution in [0.25, 0.3) is 0 Å². The number of amides is 1. The molecule has 1 amide bonds. The molecule has 1 aromatic heterocycles. The zero-order chi connectivity index (χ0) is 10.6. The van der Waals surface area contributed by atoms with Crippen molar-refractivity contribution < 1.29 is 9.59 Å². The van der Waals surface area contributed by atoms with E-state index in [0.29, 0.717) is 17.9 Å². The highest BCUT2D eigenvalue weighted by Gasteiger charge is 2.08. The van der Waals surface area contributed by atoms with E-state index >= 15 is 0 Å². The van der Waals surface area contributed by atoms with Gasteiger partial charge in [0.25, 0.3) is 5.91 Å². The van der Waals surface area contributed by atoms with E-state index in [1.54, 1.807) is 18.2 Å². The predicted octanol–water partition coefficient (Wildman–Crippen LogP) is 1.13. The number of rotatable bonds is 4. The van der Waals surface area contributed by atoms with Crippen LogP contribution >= 0.6 is 0 Å². The Hall–Kier alpha value is -1.84. The lowest BCUT2D eigenvalue weighted by Gasteiger charge is -1.98. The van der Waals surface area contributed by atoms with Gasteiger partial charge < -0.3 is 10.3 Å². The Labute approximate surface area is 82.0 Å². The number of Topliss-reactive ketones (excluding diaryl/α,β-unsaturated/α-hetero) is 1. The predicted molar refractivity (Wildman–Crippen MR) is 53.3 cm³/mol. The molecule has 0 spiro atoms. The van der Waals surface area contributed by atoms with Crippen molar-refractivity contribution in [2.24, 2.45) is 0 Å². The smallest absolute Gasteiger partial charge is 0.267 e. The summed E-state index contributed by atoms with van der Waals surface area (Å²) < 4.78 is 0. The third-order valence-electron chi connectivity index (χ3n) is 1.72. The Morgan fingerprint density at radius 1 is 1.50 bits per heavy atom. The lowest BCUT2D eigenvalue weighted by molar-refractivity contribution is 0.0953. The molecule has 0 bridgehead atoms. The van der Waals surface area contributed by atoms with Gasteiger partial charge in [0, 0.05) is 13.5 Å². The van der Waals surface area contributed by atoms with Crippen LogP contribution in [-0.4, -0.2) is 23.2 Å². The average molecular weight is 192 g/mol. The Balaban J connectivity index is 2.71. The second kappa shape index (κ2) is 4.41. The van der Waals surface area contributed by atoms with E-state index in [1.807, 2.05) is 0 Å². The van der Waals surface area contributed by atoms with Gasteiger partial charge in [-0.15, -0.1) is 6.58 Å². The quantitative estimate of drug-likeness (QED) is 0.555. The maximum atomic E-state index is 11.3. The number of carbonyl (C=O) groups is 2. The van der Waals surface area contributed by atoms with Gasteiger partial charge in [-0.05, 0) is 12.1 Å². The number of H-pyrrole nitrogens is 1. The molecule has 0 saturated heterocycles. The Morgan fingerprint density at radius 2 is 2.14 bits per heavy atom. The van der Waals surface area contributed by atoms with Crippen LogP contribution in [0, 0.1) is 0 Å². The monoisotopic (exact) mass is 192 g/mol. The van der Waals surface area contributed by atoms with Crippen LogP contribution in [0.4, 0.5) is 0 Å². The molecule has 0 atom stereocenters. The van der Waals surface area contributed by atoms with E-state index in [1.165, 1.54) is 6.92 Å². The molecule has 0 aliphatic rings. The molecule has 0 aromatic carbocycles. The molecular weight excluding hydrogens is 180 g/mol. The molecular formula is C10H12N2O2. The SMILES string of the molecule is C=CCNC(=O)c1ccc(C(C)=O)[nH]1. The van der Waals surface area contributed by atoms with Crippen LogP contribution in [0.3, 0.4) is 0 Å². The first-order valence-corrected chi connectivity index (χ1v) is 4.24. The van der Waals surface area contributed by atoms with Crippen molar-refractivity contribution in [1.82, 2.24) is 10.3 Å². The van der Waals surface area contributed by atoms with Crippen molar-refractivity contribution in [2.75, 3.05) is 6.54 Å². The van der Waals surface area contributed by atoms with Crippen molar-refractivity contribution in [3.8, 4) is 0 Å². The summed E-state index contributed by atoms with van der Waals surface area (Å²) in [5.41, 5.74) is 0.825. The third kappa shape index (κ3) is 2.32. The minimum atomic E-state index is -0.239.